The van der Waals surface area contributed by atoms with Gasteiger partial charge in [0.2, 0.25) is 5.88 Å². The molecule has 0 aliphatic carbocycles. The van der Waals surface area contributed by atoms with Gasteiger partial charge in [0.25, 0.3) is 5.91 Å². The molecule has 2 N–H and O–H groups in total. The highest BCUT2D eigenvalue weighted by Crippen LogP contribution is 2.30. The SMILES string of the molecule is CCOC1=C(C#N)Cc2c([nH]c3ccc(Cl)cc23)C(=O)N1. The number of benzene rings is 1. The van der Waals surface area contributed by atoms with E-state index >= 15 is 0 Å². The van der Waals surface area contributed by atoms with Gasteiger partial charge in [-0.05, 0) is 30.7 Å². The fourth-order valence-corrected chi connectivity index (χ4v) is 2.63. The Labute approximate surface area is 126 Å². The van der Waals surface area contributed by atoms with Crippen LogP contribution in [0.2, 0.25) is 5.02 Å². The zero-order chi connectivity index (χ0) is 15.0. The number of fused-ring (bicyclic) bond motifs is 3. The van der Waals surface area contributed by atoms with Gasteiger partial charge < -0.3 is 9.72 Å². The molecule has 1 aromatic heterocycles. The molecule has 2 aromatic rings. The summed E-state index contributed by atoms with van der Waals surface area (Å²) in [5.74, 6) is -0.0872. The number of allylic oxidation sites excluding steroid dienone is 1. The Kier molecular flexibility index (Phi) is 3.32. The average molecular weight is 302 g/mol. The smallest absolute Gasteiger partial charge is 0.274 e. The van der Waals surface area contributed by atoms with E-state index in [1.807, 2.05) is 6.07 Å². The van der Waals surface area contributed by atoms with Gasteiger partial charge in [0.1, 0.15) is 11.8 Å². The lowest BCUT2D eigenvalue weighted by Crippen LogP contribution is -2.24. The number of halogens is 1. The standard InChI is InChI=1S/C15H12ClN3O2/c1-2-21-15-8(7-17)5-11-10-6-9(16)3-4-12(10)18-13(11)14(20)19-15/h3-4,6,18H,2,5H2,1H3,(H,19,20). The third-order valence-electron chi connectivity index (χ3n) is 3.37. The predicted molar refractivity (Wildman–Crippen MR) is 78.7 cm³/mol. The molecule has 0 unspecified atom stereocenters. The van der Waals surface area contributed by atoms with Crippen LogP contribution in [0, 0.1) is 11.3 Å². The second-order valence-corrected chi connectivity index (χ2v) is 5.09. The number of H-pyrrole nitrogens is 1. The molecule has 0 spiro atoms. The molecule has 0 atom stereocenters. The summed E-state index contributed by atoms with van der Waals surface area (Å²) >= 11 is 6.03. The summed E-state index contributed by atoms with van der Waals surface area (Å²) in [6.45, 7) is 2.18. The van der Waals surface area contributed by atoms with Crippen molar-refractivity contribution in [1.29, 1.82) is 5.26 Å². The lowest BCUT2D eigenvalue weighted by molar-refractivity contribution is 0.0919. The molecule has 1 aromatic carbocycles. The van der Waals surface area contributed by atoms with Crippen LogP contribution < -0.4 is 5.32 Å². The van der Waals surface area contributed by atoms with E-state index in [9.17, 15) is 10.1 Å². The number of nitrogens with one attached hydrogen (secondary N) is 2. The van der Waals surface area contributed by atoms with Crippen LogP contribution in [0.5, 0.6) is 0 Å². The topological polar surface area (TPSA) is 77.9 Å². The summed E-state index contributed by atoms with van der Waals surface area (Å²) < 4.78 is 5.36. The van der Waals surface area contributed by atoms with Crippen LogP contribution in [-0.4, -0.2) is 17.5 Å². The van der Waals surface area contributed by atoms with Crippen molar-refractivity contribution in [3.8, 4) is 6.07 Å². The van der Waals surface area contributed by atoms with Crippen molar-refractivity contribution < 1.29 is 9.53 Å². The molecule has 0 fully saturated rings. The number of aromatic nitrogens is 1. The molecule has 6 heteroatoms. The van der Waals surface area contributed by atoms with Crippen LogP contribution in [0.15, 0.2) is 29.7 Å². The monoisotopic (exact) mass is 301 g/mol. The van der Waals surface area contributed by atoms with E-state index in [1.165, 1.54) is 0 Å². The molecular weight excluding hydrogens is 290 g/mol. The van der Waals surface area contributed by atoms with E-state index in [0.29, 0.717) is 29.3 Å². The normalized spacial score (nSPS) is 14.4. The van der Waals surface area contributed by atoms with Crippen LogP contribution in [0.1, 0.15) is 23.0 Å². The number of carbonyl (C=O) groups excluding carboxylic acids is 1. The van der Waals surface area contributed by atoms with E-state index in [4.69, 9.17) is 16.3 Å². The minimum absolute atomic E-state index is 0.227. The highest BCUT2D eigenvalue weighted by atomic mass is 35.5. The summed E-state index contributed by atoms with van der Waals surface area (Å²) in [7, 11) is 0. The van der Waals surface area contributed by atoms with E-state index in [1.54, 1.807) is 19.1 Å². The molecule has 106 valence electrons. The fourth-order valence-electron chi connectivity index (χ4n) is 2.45. The predicted octanol–water partition coefficient (Wildman–Crippen LogP) is 2.88. The van der Waals surface area contributed by atoms with E-state index < -0.39 is 0 Å². The number of amides is 1. The van der Waals surface area contributed by atoms with Crippen LogP contribution in [0.4, 0.5) is 0 Å². The van der Waals surface area contributed by atoms with Crippen LogP contribution in [0.3, 0.4) is 0 Å². The maximum Gasteiger partial charge on any atom is 0.274 e. The first kappa shape index (κ1) is 13.5. The van der Waals surface area contributed by atoms with Gasteiger partial charge >= 0.3 is 0 Å². The summed E-state index contributed by atoms with van der Waals surface area (Å²) in [4.78, 5) is 15.4. The van der Waals surface area contributed by atoms with Gasteiger partial charge in [0, 0.05) is 22.3 Å². The number of carbonyl (C=O) groups is 1. The van der Waals surface area contributed by atoms with Gasteiger partial charge in [-0.3, -0.25) is 10.1 Å². The second-order valence-electron chi connectivity index (χ2n) is 4.65. The van der Waals surface area contributed by atoms with Gasteiger partial charge in [-0.2, -0.15) is 5.26 Å². The first-order chi connectivity index (χ1) is 10.1. The summed E-state index contributed by atoms with van der Waals surface area (Å²) in [6, 6.07) is 7.47. The number of hydrogen-bond acceptors (Lipinski definition) is 3. The second kappa shape index (κ2) is 5.15. The molecule has 1 aliphatic heterocycles. The van der Waals surface area contributed by atoms with Crippen molar-refractivity contribution in [2.45, 2.75) is 13.3 Å². The zero-order valence-corrected chi connectivity index (χ0v) is 12.0. The van der Waals surface area contributed by atoms with Gasteiger partial charge in [-0.15, -0.1) is 0 Å². The molecule has 1 amide bonds. The van der Waals surface area contributed by atoms with E-state index in [2.05, 4.69) is 16.4 Å². The lowest BCUT2D eigenvalue weighted by atomic mass is 10.0. The Bertz CT molecular complexity index is 814. The number of aromatic amines is 1. The Morgan fingerprint density at radius 3 is 3.00 bits per heavy atom. The third-order valence-corrected chi connectivity index (χ3v) is 3.61. The number of rotatable bonds is 2. The Morgan fingerprint density at radius 2 is 2.29 bits per heavy atom. The van der Waals surface area contributed by atoms with Gasteiger partial charge in [0.15, 0.2) is 0 Å². The molecule has 1 aliphatic rings. The zero-order valence-electron chi connectivity index (χ0n) is 11.3. The largest absolute Gasteiger partial charge is 0.478 e. The highest BCUT2D eigenvalue weighted by molar-refractivity contribution is 6.31. The number of ether oxygens (including phenoxy) is 1. The van der Waals surface area contributed by atoms with Gasteiger partial charge in [-0.1, -0.05) is 11.6 Å². The molecule has 0 saturated heterocycles. The molecule has 0 saturated carbocycles. The molecule has 2 heterocycles. The average Bonchev–Trinajstić information content (AvgIpc) is 2.75. The Morgan fingerprint density at radius 1 is 1.48 bits per heavy atom. The van der Waals surface area contributed by atoms with Crippen molar-refractivity contribution in [3.05, 3.63) is 45.9 Å². The molecule has 5 nitrogen and oxygen atoms in total. The van der Waals surface area contributed by atoms with Crippen LogP contribution in [0.25, 0.3) is 10.9 Å². The summed E-state index contributed by atoms with van der Waals surface area (Å²) in [5.41, 5.74) is 2.41. The van der Waals surface area contributed by atoms with Gasteiger partial charge in [0.05, 0.1) is 12.2 Å². The number of nitriles is 1. The Hall–Kier alpha value is -2.45. The van der Waals surface area contributed by atoms with Crippen molar-refractivity contribution in [1.82, 2.24) is 10.3 Å². The van der Waals surface area contributed by atoms with Gasteiger partial charge in [-0.25, -0.2) is 0 Å². The van der Waals surface area contributed by atoms with E-state index in [-0.39, 0.29) is 11.8 Å². The number of nitrogens with zero attached hydrogens (tertiary/aromatic N) is 1. The minimum atomic E-state index is -0.314. The summed E-state index contributed by atoms with van der Waals surface area (Å²) in [6.07, 6.45) is 0.320. The quantitative estimate of drug-likeness (QED) is 0.895. The van der Waals surface area contributed by atoms with Crippen LogP contribution in [-0.2, 0) is 11.2 Å². The molecule has 0 bridgehead atoms. The van der Waals surface area contributed by atoms with Crippen molar-refractivity contribution in [2.75, 3.05) is 6.61 Å². The highest BCUT2D eigenvalue weighted by Gasteiger charge is 2.26. The van der Waals surface area contributed by atoms with Crippen molar-refractivity contribution >= 4 is 28.4 Å². The molecular formula is C15H12ClN3O2. The Balaban J connectivity index is 2.21. The molecule has 0 radical (unpaired) electrons. The lowest BCUT2D eigenvalue weighted by Gasteiger charge is -2.09. The maximum atomic E-state index is 12.3. The van der Waals surface area contributed by atoms with Crippen LogP contribution >= 0.6 is 11.6 Å². The minimum Gasteiger partial charge on any atom is -0.478 e. The number of hydrogen-bond donors (Lipinski definition) is 2. The first-order valence-corrected chi connectivity index (χ1v) is 6.89. The molecule has 3 rings (SSSR count). The van der Waals surface area contributed by atoms with Crippen molar-refractivity contribution in [2.24, 2.45) is 0 Å². The maximum absolute atomic E-state index is 12.3. The molecule has 21 heavy (non-hydrogen) atoms. The van der Waals surface area contributed by atoms with E-state index in [0.717, 1.165) is 16.5 Å². The first-order valence-electron chi connectivity index (χ1n) is 6.51. The fraction of sp³-hybridized carbons (Fsp3) is 0.200. The summed E-state index contributed by atoms with van der Waals surface area (Å²) in [5, 5.41) is 13.4. The van der Waals surface area contributed by atoms with Crippen molar-refractivity contribution in [3.63, 3.8) is 0 Å². The third kappa shape index (κ3) is 2.24.